The SMILES string of the molecule is CCOC(=O)CC(c1cc(Cl)c(OC)c(CN2CC=C(O)OS2(=O)=O)c1)c1ccc2c(nnn2CCCCO)c1C. The highest BCUT2D eigenvalue weighted by molar-refractivity contribution is 7.84. The van der Waals surface area contributed by atoms with Crippen molar-refractivity contribution in [2.75, 3.05) is 26.9 Å². The Bertz CT molecular complexity index is 1560. The predicted molar refractivity (Wildman–Crippen MR) is 151 cm³/mol. The number of unbranched alkanes of at least 4 members (excludes halogenated alkanes) is 1. The Morgan fingerprint density at radius 1 is 1.27 bits per heavy atom. The van der Waals surface area contributed by atoms with Gasteiger partial charge in [-0.25, -0.2) is 4.68 Å². The summed E-state index contributed by atoms with van der Waals surface area (Å²) in [4.78, 5) is 12.8. The summed E-state index contributed by atoms with van der Waals surface area (Å²) in [6.07, 6.45) is 2.64. The smallest absolute Gasteiger partial charge is 0.388 e. The van der Waals surface area contributed by atoms with Crippen molar-refractivity contribution in [3.05, 3.63) is 63.6 Å². The molecule has 0 amide bonds. The summed E-state index contributed by atoms with van der Waals surface area (Å²) in [5, 5.41) is 27.5. The monoisotopic (exact) mass is 608 g/mol. The van der Waals surface area contributed by atoms with E-state index in [4.69, 9.17) is 26.2 Å². The van der Waals surface area contributed by atoms with Gasteiger partial charge >= 0.3 is 16.3 Å². The Kier molecular flexibility index (Phi) is 9.74. The van der Waals surface area contributed by atoms with Crippen molar-refractivity contribution in [3.8, 4) is 5.75 Å². The number of benzene rings is 2. The maximum absolute atomic E-state index is 12.8. The summed E-state index contributed by atoms with van der Waals surface area (Å²) in [7, 11) is -2.82. The van der Waals surface area contributed by atoms with E-state index in [0.717, 1.165) is 27.4 Å². The Morgan fingerprint density at radius 3 is 2.73 bits per heavy atom. The first kappa shape index (κ1) is 30.6. The summed E-state index contributed by atoms with van der Waals surface area (Å²) in [5.41, 5.74) is 4.24. The Hall–Kier alpha value is -3.39. The Balaban J connectivity index is 1.79. The number of esters is 1. The second-order valence-corrected chi connectivity index (χ2v) is 11.5. The highest BCUT2D eigenvalue weighted by Crippen LogP contribution is 2.39. The molecule has 1 aliphatic heterocycles. The quantitative estimate of drug-likeness (QED) is 0.230. The predicted octanol–water partition coefficient (Wildman–Crippen LogP) is 3.74. The van der Waals surface area contributed by atoms with Crippen LogP contribution in [0.5, 0.6) is 5.75 Å². The first-order valence-electron chi connectivity index (χ1n) is 13.1. The average molecular weight is 609 g/mol. The molecule has 41 heavy (non-hydrogen) atoms. The van der Waals surface area contributed by atoms with E-state index in [0.29, 0.717) is 29.6 Å². The van der Waals surface area contributed by atoms with Crippen LogP contribution >= 0.6 is 11.6 Å². The van der Waals surface area contributed by atoms with Gasteiger partial charge in [0, 0.05) is 43.8 Å². The fraction of sp³-hybridized carbons (Fsp3) is 0.444. The van der Waals surface area contributed by atoms with Gasteiger partial charge in [0.1, 0.15) is 11.3 Å². The lowest BCUT2D eigenvalue weighted by Gasteiger charge is -2.26. The molecule has 1 aliphatic rings. The number of aliphatic hydroxyl groups excluding tert-OH is 2. The van der Waals surface area contributed by atoms with Crippen molar-refractivity contribution in [1.29, 1.82) is 0 Å². The number of hydrogen-bond acceptors (Lipinski definition) is 10. The number of aryl methyl sites for hydroxylation is 2. The van der Waals surface area contributed by atoms with Crippen LogP contribution in [0.1, 0.15) is 54.4 Å². The van der Waals surface area contributed by atoms with Gasteiger partial charge in [0.15, 0.2) is 0 Å². The zero-order chi connectivity index (χ0) is 29.7. The lowest BCUT2D eigenvalue weighted by Crippen LogP contribution is -2.35. The van der Waals surface area contributed by atoms with Crippen LogP contribution in [0.2, 0.25) is 5.02 Å². The number of hydrogen-bond donors (Lipinski definition) is 2. The maximum atomic E-state index is 12.8. The van der Waals surface area contributed by atoms with Crippen LogP contribution in [0.4, 0.5) is 0 Å². The number of methoxy groups -OCH3 is 1. The molecule has 0 aliphatic carbocycles. The number of carbonyl (C=O) groups is 1. The minimum Gasteiger partial charge on any atom is -0.495 e. The second kappa shape index (κ2) is 13.1. The number of rotatable bonds is 12. The summed E-state index contributed by atoms with van der Waals surface area (Å²) in [6.45, 7) is 4.29. The molecule has 2 N–H and O–H groups in total. The van der Waals surface area contributed by atoms with E-state index in [-0.39, 0.29) is 43.5 Å². The van der Waals surface area contributed by atoms with Gasteiger partial charge in [-0.15, -0.1) is 5.10 Å². The zero-order valence-electron chi connectivity index (χ0n) is 23.0. The molecule has 12 nitrogen and oxygen atoms in total. The summed E-state index contributed by atoms with van der Waals surface area (Å²) in [6, 6.07) is 7.26. The van der Waals surface area contributed by atoms with Gasteiger partial charge in [0.2, 0.25) is 0 Å². The number of nitrogens with zero attached hydrogens (tertiary/aromatic N) is 4. The maximum Gasteiger partial charge on any atom is 0.388 e. The standard InChI is InChI=1S/C27H33ClN4O8S/c1-4-39-25(35)15-21(20-7-8-23-26(17(20)2)29-30-32(23)10-5-6-12-33)18-13-19(27(38-3)22(28)14-18)16-31-11-9-24(34)40-41(31,36)37/h7-9,13-14,21,33-34H,4-6,10-12,15-16H2,1-3H3. The van der Waals surface area contributed by atoms with Gasteiger partial charge in [-0.2, -0.15) is 12.7 Å². The van der Waals surface area contributed by atoms with E-state index in [2.05, 4.69) is 14.5 Å². The molecule has 3 aromatic rings. The van der Waals surface area contributed by atoms with E-state index in [1.165, 1.54) is 13.2 Å². The van der Waals surface area contributed by atoms with Crippen molar-refractivity contribution in [2.45, 2.75) is 52.1 Å². The third kappa shape index (κ3) is 6.75. The van der Waals surface area contributed by atoms with E-state index in [1.807, 2.05) is 19.1 Å². The molecule has 0 fully saturated rings. The largest absolute Gasteiger partial charge is 0.495 e. The molecule has 1 unspecified atom stereocenters. The van der Waals surface area contributed by atoms with E-state index < -0.39 is 28.1 Å². The van der Waals surface area contributed by atoms with Crippen molar-refractivity contribution >= 4 is 38.9 Å². The van der Waals surface area contributed by atoms with Crippen LogP contribution in [0.3, 0.4) is 0 Å². The summed E-state index contributed by atoms with van der Waals surface area (Å²) < 4.78 is 43.3. The van der Waals surface area contributed by atoms with E-state index in [9.17, 15) is 18.3 Å². The van der Waals surface area contributed by atoms with Crippen LogP contribution in [0.25, 0.3) is 11.0 Å². The molecule has 0 bridgehead atoms. The molecule has 0 radical (unpaired) electrons. The van der Waals surface area contributed by atoms with Gasteiger partial charge < -0.3 is 23.9 Å². The lowest BCUT2D eigenvalue weighted by molar-refractivity contribution is -0.143. The molecule has 0 saturated carbocycles. The van der Waals surface area contributed by atoms with Crippen LogP contribution in [0.15, 0.2) is 36.3 Å². The number of fused-ring (bicyclic) bond motifs is 1. The van der Waals surface area contributed by atoms with Gasteiger partial charge in [0.05, 0.1) is 30.7 Å². The van der Waals surface area contributed by atoms with Crippen molar-refractivity contribution in [1.82, 2.24) is 19.3 Å². The summed E-state index contributed by atoms with van der Waals surface area (Å²) >= 11 is 6.64. The second-order valence-electron chi connectivity index (χ2n) is 9.52. The van der Waals surface area contributed by atoms with Crippen molar-refractivity contribution in [3.63, 3.8) is 0 Å². The molecule has 0 saturated heterocycles. The minimum atomic E-state index is -4.25. The van der Waals surface area contributed by atoms with Gasteiger partial charge in [-0.05, 0) is 55.5 Å². The highest BCUT2D eigenvalue weighted by atomic mass is 35.5. The van der Waals surface area contributed by atoms with Crippen molar-refractivity contribution < 1.29 is 37.1 Å². The summed E-state index contributed by atoms with van der Waals surface area (Å²) in [5.74, 6) is -1.34. The first-order chi connectivity index (χ1) is 19.6. The molecule has 222 valence electrons. The average Bonchev–Trinajstić information content (AvgIpc) is 3.33. The van der Waals surface area contributed by atoms with Crippen LogP contribution in [-0.4, -0.2) is 70.8 Å². The molecular weight excluding hydrogens is 576 g/mol. The molecule has 2 aromatic carbocycles. The van der Waals surface area contributed by atoms with Crippen LogP contribution in [0, 0.1) is 6.92 Å². The number of halogens is 1. The fourth-order valence-corrected chi connectivity index (χ4v) is 6.18. The topological polar surface area (TPSA) is 153 Å². The Morgan fingerprint density at radius 2 is 2.05 bits per heavy atom. The minimum absolute atomic E-state index is 0.00530. The lowest BCUT2D eigenvalue weighted by atomic mass is 9.84. The molecule has 4 rings (SSSR count). The third-order valence-corrected chi connectivity index (χ3v) is 8.46. The first-order valence-corrected chi connectivity index (χ1v) is 14.9. The molecule has 0 spiro atoms. The third-order valence-electron chi connectivity index (χ3n) is 6.88. The van der Waals surface area contributed by atoms with E-state index in [1.54, 1.807) is 23.7 Å². The number of carbonyl (C=O) groups excluding carboxylic acids is 1. The molecule has 2 heterocycles. The Labute approximate surface area is 243 Å². The van der Waals surface area contributed by atoms with Gasteiger partial charge in [0.25, 0.3) is 5.95 Å². The number of aromatic nitrogens is 3. The van der Waals surface area contributed by atoms with Gasteiger partial charge in [-0.3, -0.25) is 4.79 Å². The molecular formula is C27H33ClN4O8S. The van der Waals surface area contributed by atoms with Crippen molar-refractivity contribution in [2.24, 2.45) is 0 Å². The zero-order valence-corrected chi connectivity index (χ0v) is 24.6. The van der Waals surface area contributed by atoms with E-state index >= 15 is 0 Å². The normalized spacial score (nSPS) is 15.8. The van der Waals surface area contributed by atoms with Gasteiger partial charge in [-0.1, -0.05) is 28.9 Å². The molecule has 14 heteroatoms. The molecule has 1 aromatic heterocycles. The van der Waals surface area contributed by atoms with Crippen LogP contribution < -0.4 is 4.74 Å². The fourth-order valence-electron chi connectivity index (χ4n) is 4.91. The number of aliphatic hydroxyl groups is 2. The van der Waals surface area contributed by atoms with Crippen LogP contribution in [-0.2, 0) is 37.1 Å². The highest BCUT2D eigenvalue weighted by Gasteiger charge is 2.31. The molecule has 1 atom stereocenters. The number of ether oxygens (including phenoxy) is 2.